The Labute approximate surface area is 152 Å². The second-order valence-electron chi connectivity index (χ2n) is 5.70. The second kappa shape index (κ2) is 6.57. The molecule has 3 aromatic rings. The third-order valence-electron chi connectivity index (χ3n) is 4.00. The quantitative estimate of drug-likeness (QED) is 0.490. The van der Waals surface area contributed by atoms with E-state index in [0.717, 1.165) is 0 Å². The summed E-state index contributed by atoms with van der Waals surface area (Å²) in [4.78, 5) is 12.5. The number of carbonyl (C=O) groups is 1. The minimum atomic E-state index is -0.440. The van der Waals surface area contributed by atoms with Gasteiger partial charge in [-0.05, 0) is 31.2 Å². The van der Waals surface area contributed by atoms with Crippen molar-refractivity contribution in [1.82, 2.24) is 9.78 Å². The number of aryl methyl sites for hydroxylation is 1. The van der Waals surface area contributed by atoms with E-state index in [4.69, 9.17) is 20.8 Å². The van der Waals surface area contributed by atoms with Crippen molar-refractivity contribution in [2.24, 2.45) is 7.05 Å². The number of amides is 1. The topological polar surface area (TPSA) is 134 Å². The number of nitrogens with one attached hydrogen (secondary N) is 2. The van der Waals surface area contributed by atoms with E-state index in [1.165, 1.54) is 17.2 Å². The Balaban J connectivity index is 0.00000196. The Hall–Kier alpha value is -3.86. The molecule has 0 atom stereocenters. The molecule has 0 radical (unpaired) electrons. The number of nitrogens with two attached hydrogens (primary N) is 1. The maximum atomic E-state index is 12.5. The smallest absolute Gasteiger partial charge is 0.276 e. The first-order chi connectivity index (χ1) is 12.4. The Kier molecular flexibility index (Phi) is 4.29. The van der Waals surface area contributed by atoms with E-state index in [1.54, 1.807) is 38.2 Å². The molecule has 2 heterocycles. The van der Waals surface area contributed by atoms with Crippen LogP contribution in [0.15, 0.2) is 41.2 Å². The molecule has 134 valence electrons. The van der Waals surface area contributed by atoms with Crippen LogP contribution < -0.4 is 11.1 Å². The van der Waals surface area contributed by atoms with Crippen molar-refractivity contribution in [2.75, 3.05) is 11.1 Å². The first-order valence-corrected chi connectivity index (χ1v) is 7.68. The highest BCUT2D eigenvalue weighted by Gasteiger charge is 2.19. The Morgan fingerprint density at radius 1 is 1.46 bits per heavy atom. The van der Waals surface area contributed by atoms with Gasteiger partial charge in [0.15, 0.2) is 5.69 Å². The average Bonchev–Trinajstić information content (AvgIpc) is 3.24. The summed E-state index contributed by atoms with van der Waals surface area (Å²) in [5.41, 5.74) is 9.10. The zero-order valence-electron chi connectivity index (χ0n) is 14.2. The Morgan fingerprint density at radius 2 is 2.23 bits per heavy atom. The van der Waals surface area contributed by atoms with Crippen molar-refractivity contribution in [3.05, 3.63) is 64.9 Å². The summed E-state index contributed by atoms with van der Waals surface area (Å²) in [6.07, 6.45) is 2.93. The number of rotatable bonds is 4. The van der Waals surface area contributed by atoms with Gasteiger partial charge < -0.3 is 15.5 Å². The zero-order chi connectivity index (χ0) is 18.8. The molecule has 2 aromatic heterocycles. The molecule has 1 amide bonds. The average molecular weight is 352 g/mol. The molecule has 0 unspecified atom stereocenters. The number of anilines is 2. The zero-order valence-corrected chi connectivity index (χ0v) is 14.2. The van der Waals surface area contributed by atoms with Gasteiger partial charge in [0.25, 0.3) is 5.91 Å². The number of nitriles is 1. The molecule has 0 bridgehead atoms. The highest BCUT2D eigenvalue weighted by Crippen LogP contribution is 2.22. The molecule has 3 rings (SSSR count). The van der Waals surface area contributed by atoms with E-state index in [-0.39, 0.29) is 14.3 Å². The molecule has 0 fully saturated rings. The van der Waals surface area contributed by atoms with Gasteiger partial charge in [0.2, 0.25) is 0 Å². The summed E-state index contributed by atoms with van der Waals surface area (Å²) >= 11 is 0. The Morgan fingerprint density at radius 3 is 2.85 bits per heavy atom. The van der Waals surface area contributed by atoms with Crippen LogP contribution in [0.25, 0.3) is 0 Å². The summed E-state index contributed by atoms with van der Waals surface area (Å²) in [6.45, 7) is 1.67. The highest BCUT2D eigenvalue weighted by molar-refractivity contribution is 6.14. The summed E-state index contributed by atoms with van der Waals surface area (Å²) < 4.78 is 6.37. The SMILES string of the molecule is Cc1c(C(=O)Nc2ccc(N)c(C(=N)c3ccoc3)c2)nn(C)c1C#N.[HH].[HH]. The predicted molar refractivity (Wildman–Crippen MR) is 100 cm³/mol. The molecule has 0 saturated heterocycles. The van der Waals surface area contributed by atoms with Crippen LogP contribution in [0.2, 0.25) is 0 Å². The number of carbonyl (C=O) groups excluding carboxylic acids is 1. The molecular formula is C18H20N6O2. The van der Waals surface area contributed by atoms with Crippen molar-refractivity contribution in [2.45, 2.75) is 6.92 Å². The van der Waals surface area contributed by atoms with Crippen molar-refractivity contribution in [3.63, 3.8) is 0 Å². The van der Waals surface area contributed by atoms with Crippen LogP contribution in [0.5, 0.6) is 0 Å². The summed E-state index contributed by atoms with van der Waals surface area (Å²) in [6, 6.07) is 8.55. The fraction of sp³-hybridized carbons (Fsp3) is 0.111. The Bertz CT molecular complexity index is 1050. The van der Waals surface area contributed by atoms with Gasteiger partial charge in [0.1, 0.15) is 11.8 Å². The molecule has 0 saturated carbocycles. The lowest BCUT2D eigenvalue weighted by Gasteiger charge is -2.10. The minimum absolute atomic E-state index is 0. The normalized spacial score (nSPS) is 10.3. The summed E-state index contributed by atoms with van der Waals surface area (Å²) in [7, 11) is 1.61. The molecule has 0 aliphatic carbocycles. The van der Waals surface area contributed by atoms with Gasteiger partial charge in [-0.1, -0.05) is 0 Å². The molecule has 26 heavy (non-hydrogen) atoms. The largest absolute Gasteiger partial charge is 0.472 e. The van der Waals surface area contributed by atoms with E-state index in [1.807, 2.05) is 6.07 Å². The second-order valence-corrected chi connectivity index (χ2v) is 5.70. The number of hydrogen-bond donors (Lipinski definition) is 3. The number of nitrogens with zero attached hydrogens (tertiary/aromatic N) is 3. The molecule has 0 aliphatic heterocycles. The van der Waals surface area contributed by atoms with E-state index in [9.17, 15) is 4.79 Å². The standard InChI is InChI=1S/C18H16N6O2.2H2/c1-10-15(8-19)24(2)23-17(10)18(25)22-12-3-4-14(20)13(7-12)16(21)11-5-6-26-9-11;;/h3-7,9,21H,20H2,1-2H3,(H,22,25);2*1H. The lowest BCUT2D eigenvalue weighted by molar-refractivity contribution is 0.102. The lowest BCUT2D eigenvalue weighted by Crippen LogP contribution is -2.15. The van der Waals surface area contributed by atoms with Crippen molar-refractivity contribution < 1.29 is 12.1 Å². The van der Waals surface area contributed by atoms with Gasteiger partial charge in [-0.3, -0.25) is 14.9 Å². The van der Waals surface area contributed by atoms with Gasteiger partial charge in [0, 0.05) is 38.0 Å². The number of aromatic nitrogens is 2. The molecule has 0 spiro atoms. The molecule has 4 N–H and O–H groups in total. The predicted octanol–water partition coefficient (Wildman–Crippen LogP) is 2.94. The number of benzene rings is 1. The number of furan rings is 1. The van der Waals surface area contributed by atoms with Gasteiger partial charge in [-0.15, -0.1) is 0 Å². The third kappa shape index (κ3) is 2.93. The maximum Gasteiger partial charge on any atom is 0.276 e. The van der Waals surface area contributed by atoms with Crippen LogP contribution in [0.3, 0.4) is 0 Å². The van der Waals surface area contributed by atoms with Crippen molar-refractivity contribution in [1.29, 1.82) is 10.7 Å². The van der Waals surface area contributed by atoms with E-state index in [0.29, 0.717) is 33.8 Å². The molecule has 0 aliphatic rings. The van der Waals surface area contributed by atoms with Crippen molar-refractivity contribution in [3.8, 4) is 6.07 Å². The first kappa shape index (κ1) is 17.0. The van der Waals surface area contributed by atoms with Gasteiger partial charge in [-0.25, -0.2) is 0 Å². The third-order valence-corrected chi connectivity index (χ3v) is 4.00. The van der Waals surface area contributed by atoms with E-state index < -0.39 is 5.91 Å². The van der Waals surface area contributed by atoms with Gasteiger partial charge in [0.05, 0.1) is 18.2 Å². The first-order valence-electron chi connectivity index (χ1n) is 7.68. The van der Waals surface area contributed by atoms with Crippen LogP contribution >= 0.6 is 0 Å². The van der Waals surface area contributed by atoms with Crippen LogP contribution in [0.4, 0.5) is 11.4 Å². The van der Waals surface area contributed by atoms with Gasteiger partial charge >= 0.3 is 0 Å². The van der Waals surface area contributed by atoms with Gasteiger partial charge in [-0.2, -0.15) is 10.4 Å². The molecule has 1 aromatic carbocycles. The van der Waals surface area contributed by atoms with Crippen LogP contribution in [0, 0.1) is 23.7 Å². The highest BCUT2D eigenvalue weighted by atomic mass is 16.3. The summed E-state index contributed by atoms with van der Waals surface area (Å²) in [5, 5.41) is 24.2. The maximum absolute atomic E-state index is 12.5. The van der Waals surface area contributed by atoms with Crippen LogP contribution in [-0.2, 0) is 7.05 Å². The molecular weight excluding hydrogens is 332 g/mol. The number of nitrogen functional groups attached to an aromatic ring is 1. The monoisotopic (exact) mass is 352 g/mol. The lowest BCUT2D eigenvalue weighted by atomic mass is 10.0. The molecule has 8 nitrogen and oxygen atoms in total. The minimum Gasteiger partial charge on any atom is -0.472 e. The van der Waals surface area contributed by atoms with Crippen molar-refractivity contribution >= 4 is 23.0 Å². The van der Waals surface area contributed by atoms with E-state index in [2.05, 4.69) is 10.4 Å². The van der Waals surface area contributed by atoms with Crippen LogP contribution in [0.1, 0.15) is 35.7 Å². The van der Waals surface area contributed by atoms with Crippen LogP contribution in [-0.4, -0.2) is 21.4 Å². The van der Waals surface area contributed by atoms with E-state index >= 15 is 0 Å². The molecule has 8 heteroatoms. The fourth-order valence-corrected chi connectivity index (χ4v) is 2.60. The number of hydrogen-bond acceptors (Lipinski definition) is 6. The fourth-order valence-electron chi connectivity index (χ4n) is 2.60. The summed E-state index contributed by atoms with van der Waals surface area (Å²) in [5.74, 6) is -0.440.